The maximum Gasteiger partial charge on any atom is 0.226 e. The molecule has 21 heavy (non-hydrogen) atoms. The SMILES string of the molecule is Cc1cccnc1CC(=O)NC(C)(CO)c1ccccc1. The van der Waals surface area contributed by atoms with Crippen LogP contribution in [-0.4, -0.2) is 22.6 Å². The normalized spacial score (nSPS) is 13.5. The second kappa shape index (κ2) is 6.50. The standard InChI is InChI=1S/C17H20N2O2/c1-13-7-6-10-18-15(13)11-16(21)19-17(2,12-20)14-8-4-3-5-9-14/h3-10,20H,11-12H2,1-2H3,(H,19,21). The highest BCUT2D eigenvalue weighted by atomic mass is 16.3. The minimum atomic E-state index is -0.791. The molecule has 1 heterocycles. The number of aryl methyl sites for hydroxylation is 1. The van der Waals surface area contributed by atoms with Gasteiger partial charge in [-0.15, -0.1) is 0 Å². The summed E-state index contributed by atoms with van der Waals surface area (Å²) in [5.41, 5.74) is 1.82. The summed E-state index contributed by atoms with van der Waals surface area (Å²) in [6.45, 7) is 3.58. The Morgan fingerprint density at radius 1 is 1.24 bits per heavy atom. The van der Waals surface area contributed by atoms with E-state index in [9.17, 15) is 9.90 Å². The highest BCUT2D eigenvalue weighted by Gasteiger charge is 2.27. The molecule has 4 heteroatoms. The summed E-state index contributed by atoms with van der Waals surface area (Å²) in [4.78, 5) is 16.5. The number of carbonyl (C=O) groups is 1. The number of nitrogens with zero attached hydrogens (tertiary/aromatic N) is 1. The van der Waals surface area contributed by atoms with Gasteiger partial charge in [-0.3, -0.25) is 9.78 Å². The summed E-state index contributed by atoms with van der Waals surface area (Å²) in [5.74, 6) is -0.155. The number of aromatic nitrogens is 1. The zero-order valence-corrected chi connectivity index (χ0v) is 12.3. The summed E-state index contributed by atoms with van der Waals surface area (Å²) in [6.07, 6.45) is 1.88. The van der Waals surface area contributed by atoms with Gasteiger partial charge in [-0.05, 0) is 31.0 Å². The van der Waals surface area contributed by atoms with Gasteiger partial charge in [-0.2, -0.15) is 0 Å². The molecule has 2 rings (SSSR count). The average molecular weight is 284 g/mol. The molecule has 1 unspecified atom stereocenters. The lowest BCUT2D eigenvalue weighted by Crippen LogP contribution is -2.47. The molecule has 0 aliphatic carbocycles. The number of pyridine rings is 1. The number of benzene rings is 1. The third-order valence-corrected chi connectivity index (χ3v) is 3.59. The summed E-state index contributed by atoms with van der Waals surface area (Å²) >= 11 is 0. The van der Waals surface area contributed by atoms with Crippen LogP contribution in [0, 0.1) is 6.92 Å². The van der Waals surface area contributed by atoms with Crippen molar-refractivity contribution in [3.05, 3.63) is 65.5 Å². The molecule has 0 saturated carbocycles. The Morgan fingerprint density at radius 3 is 2.57 bits per heavy atom. The van der Waals surface area contributed by atoms with E-state index >= 15 is 0 Å². The quantitative estimate of drug-likeness (QED) is 0.882. The van der Waals surface area contributed by atoms with Crippen LogP contribution in [0.4, 0.5) is 0 Å². The molecule has 1 atom stereocenters. The molecule has 0 spiro atoms. The van der Waals surface area contributed by atoms with Crippen molar-refractivity contribution in [3.8, 4) is 0 Å². The van der Waals surface area contributed by atoms with Gasteiger partial charge in [0.05, 0.1) is 24.3 Å². The molecule has 0 bridgehead atoms. The summed E-state index contributed by atoms with van der Waals surface area (Å²) < 4.78 is 0. The highest BCUT2D eigenvalue weighted by Crippen LogP contribution is 2.20. The van der Waals surface area contributed by atoms with Crippen LogP contribution in [0.2, 0.25) is 0 Å². The first-order valence-corrected chi connectivity index (χ1v) is 6.93. The van der Waals surface area contributed by atoms with Gasteiger partial charge in [0.2, 0.25) is 5.91 Å². The fourth-order valence-corrected chi connectivity index (χ4v) is 2.22. The van der Waals surface area contributed by atoms with Crippen LogP contribution in [0.3, 0.4) is 0 Å². The number of aliphatic hydroxyl groups is 1. The number of aliphatic hydroxyl groups excluding tert-OH is 1. The summed E-state index contributed by atoms with van der Waals surface area (Å²) in [7, 11) is 0. The molecule has 110 valence electrons. The van der Waals surface area contributed by atoms with Crippen LogP contribution < -0.4 is 5.32 Å². The Morgan fingerprint density at radius 2 is 1.95 bits per heavy atom. The van der Waals surface area contributed by atoms with Crippen LogP contribution in [0.1, 0.15) is 23.7 Å². The van der Waals surface area contributed by atoms with Gasteiger partial charge >= 0.3 is 0 Å². The first kappa shape index (κ1) is 15.2. The molecule has 1 amide bonds. The van der Waals surface area contributed by atoms with E-state index in [0.29, 0.717) is 0 Å². The molecular weight excluding hydrogens is 264 g/mol. The molecule has 2 aromatic rings. The van der Waals surface area contributed by atoms with Crippen LogP contribution in [0.25, 0.3) is 0 Å². The minimum Gasteiger partial charge on any atom is -0.394 e. The molecule has 0 aliphatic rings. The molecule has 1 aromatic carbocycles. The first-order chi connectivity index (χ1) is 10.0. The summed E-state index contributed by atoms with van der Waals surface area (Å²) in [5, 5.41) is 12.6. The topological polar surface area (TPSA) is 62.2 Å². The van der Waals surface area contributed by atoms with Crippen molar-refractivity contribution >= 4 is 5.91 Å². The van der Waals surface area contributed by atoms with E-state index in [1.54, 1.807) is 6.20 Å². The van der Waals surface area contributed by atoms with Crippen LogP contribution >= 0.6 is 0 Å². The predicted octanol–water partition coefficient (Wildman–Crippen LogP) is 1.96. The summed E-state index contributed by atoms with van der Waals surface area (Å²) in [6, 6.07) is 13.2. The van der Waals surface area contributed by atoms with E-state index in [0.717, 1.165) is 16.8 Å². The van der Waals surface area contributed by atoms with E-state index < -0.39 is 5.54 Å². The number of carbonyl (C=O) groups excluding carboxylic acids is 1. The lowest BCUT2D eigenvalue weighted by atomic mass is 9.92. The molecule has 4 nitrogen and oxygen atoms in total. The third kappa shape index (κ3) is 3.67. The lowest BCUT2D eigenvalue weighted by molar-refractivity contribution is -0.123. The predicted molar refractivity (Wildman–Crippen MR) is 81.7 cm³/mol. The zero-order valence-electron chi connectivity index (χ0n) is 12.3. The molecule has 0 radical (unpaired) electrons. The van der Waals surface area contributed by atoms with Gasteiger partial charge in [0.15, 0.2) is 0 Å². The van der Waals surface area contributed by atoms with Crippen LogP contribution in [0.5, 0.6) is 0 Å². The second-order valence-corrected chi connectivity index (χ2v) is 5.35. The van der Waals surface area contributed by atoms with E-state index in [1.807, 2.05) is 56.3 Å². The van der Waals surface area contributed by atoms with Crippen molar-refractivity contribution in [2.45, 2.75) is 25.8 Å². The fourth-order valence-electron chi connectivity index (χ4n) is 2.22. The third-order valence-electron chi connectivity index (χ3n) is 3.59. The van der Waals surface area contributed by atoms with Gasteiger partial charge in [0.25, 0.3) is 0 Å². The largest absolute Gasteiger partial charge is 0.394 e. The Balaban J connectivity index is 2.12. The molecule has 2 N–H and O–H groups in total. The Kier molecular flexibility index (Phi) is 4.70. The number of hydrogen-bond acceptors (Lipinski definition) is 3. The van der Waals surface area contributed by atoms with Crippen molar-refractivity contribution < 1.29 is 9.90 Å². The minimum absolute atomic E-state index is 0.155. The van der Waals surface area contributed by atoms with Crippen molar-refractivity contribution in [2.24, 2.45) is 0 Å². The number of hydrogen-bond donors (Lipinski definition) is 2. The maximum absolute atomic E-state index is 12.3. The number of amides is 1. The Bertz CT molecular complexity index is 613. The van der Waals surface area contributed by atoms with E-state index in [4.69, 9.17) is 0 Å². The maximum atomic E-state index is 12.3. The van der Waals surface area contributed by atoms with Gasteiger partial charge in [-0.25, -0.2) is 0 Å². The van der Waals surface area contributed by atoms with Crippen LogP contribution in [0.15, 0.2) is 48.7 Å². The highest BCUT2D eigenvalue weighted by molar-refractivity contribution is 5.79. The smallest absolute Gasteiger partial charge is 0.226 e. The number of rotatable bonds is 5. The van der Waals surface area contributed by atoms with Crippen molar-refractivity contribution in [1.29, 1.82) is 0 Å². The van der Waals surface area contributed by atoms with Crippen molar-refractivity contribution in [1.82, 2.24) is 10.3 Å². The van der Waals surface area contributed by atoms with Crippen molar-refractivity contribution in [2.75, 3.05) is 6.61 Å². The van der Waals surface area contributed by atoms with Gasteiger partial charge in [0.1, 0.15) is 0 Å². The van der Waals surface area contributed by atoms with E-state index in [1.165, 1.54) is 0 Å². The molecular formula is C17H20N2O2. The lowest BCUT2D eigenvalue weighted by Gasteiger charge is -2.29. The van der Waals surface area contributed by atoms with E-state index in [2.05, 4.69) is 10.3 Å². The fraction of sp³-hybridized carbons (Fsp3) is 0.294. The number of nitrogens with one attached hydrogen (secondary N) is 1. The van der Waals surface area contributed by atoms with Gasteiger partial charge in [-0.1, -0.05) is 36.4 Å². The average Bonchev–Trinajstić information content (AvgIpc) is 2.50. The molecule has 0 fully saturated rings. The van der Waals surface area contributed by atoms with Gasteiger partial charge in [0, 0.05) is 6.20 Å². The zero-order chi connectivity index (χ0) is 15.3. The molecule has 0 saturated heterocycles. The Hall–Kier alpha value is -2.20. The second-order valence-electron chi connectivity index (χ2n) is 5.35. The monoisotopic (exact) mass is 284 g/mol. The van der Waals surface area contributed by atoms with E-state index in [-0.39, 0.29) is 18.9 Å². The molecule has 1 aromatic heterocycles. The molecule has 0 aliphatic heterocycles. The Labute approximate surface area is 124 Å². The van der Waals surface area contributed by atoms with Gasteiger partial charge < -0.3 is 10.4 Å². The first-order valence-electron chi connectivity index (χ1n) is 6.93. The van der Waals surface area contributed by atoms with Crippen LogP contribution in [-0.2, 0) is 16.8 Å². The van der Waals surface area contributed by atoms with Crippen molar-refractivity contribution in [3.63, 3.8) is 0 Å².